The van der Waals surface area contributed by atoms with Gasteiger partial charge in [0.05, 0.1) is 5.69 Å². The van der Waals surface area contributed by atoms with E-state index in [4.69, 9.17) is 0 Å². The number of nitrogens with one attached hydrogen (secondary N) is 2. The number of H-pyrrole nitrogens is 2. The maximum absolute atomic E-state index is 12.5. The van der Waals surface area contributed by atoms with Crippen LogP contribution in [0.15, 0.2) is 59.5 Å². The molecule has 162 valence electrons. The fourth-order valence-electron chi connectivity index (χ4n) is 4.81. The standard InChI is InChI=1S/C25H25N5O2/c31-24(19-2-3-19)29-12-10-16(15-29)13-23-27-28-25(32)30(23)21-7-5-17(6-8-21)20-4-1-18-9-11-26-22(18)14-20/h1,4-9,11,14,16,19,26H,2-3,10,12-13,15H2,(H,28,32). The van der Waals surface area contributed by atoms with Crippen LogP contribution in [0.25, 0.3) is 27.7 Å². The fraction of sp³-hybridized carbons (Fsp3) is 0.320. The van der Waals surface area contributed by atoms with E-state index in [1.807, 2.05) is 35.4 Å². The summed E-state index contributed by atoms with van der Waals surface area (Å²) < 4.78 is 1.66. The summed E-state index contributed by atoms with van der Waals surface area (Å²) in [5.41, 5.74) is 3.88. The molecule has 2 N–H and O–H groups in total. The lowest BCUT2D eigenvalue weighted by Gasteiger charge is -2.16. The number of aromatic amines is 2. The Morgan fingerprint density at radius 2 is 1.84 bits per heavy atom. The molecule has 6 rings (SSSR count). The molecule has 2 aliphatic rings. The van der Waals surface area contributed by atoms with Crippen LogP contribution in [0, 0.1) is 11.8 Å². The van der Waals surface area contributed by atoms with Crippen LogP contribution in [-0.2, 0) is 11.2 Å². The van der Waals surface area contributed by atoms with Gasteiger partial charge in [0, 0.05) is 37.1 Å². The summed E-state index contributed by atoms with van der Waals surface area (Å²) in [5, 5.41) is 8.09. The summed E-state index contributed by atoms with van der Waals surface area (Å²) >= 11 is 0. The summed E-state index contributed by atoms with van der Waals surface area (Å²) in [4.78, 5) is 30.1. The quantitative estimate of drug-likeness (QED) is 0.511. The number of hydrogen-bond acceptors (Lipinski definition) is 3. The maximum atomic E-state index is 12.5. The van der Waals surface area contributed by atoms with Gasteiger partial charge in [-0.25, -0.2) is 14.5 Å². The Morgan fingerprint density at radius 3 is 2.66 bits per heavy atom. The van der Waals surface area contributed by atoms with Crippen LogP contribution >= 0.6 is 0 Å². The summed E-state index contributed by atoms with van der Waals surface area (Å²) in [7, 11) is 0. The summed E-state index contributed by atoms with van der Waals surface area (Å²) in [6.45, 7) is 1.57. The van der Waals surface area contributed by atoms with Crippen molar-refractivity contribution in [3.05, 3.63) is 71.0 Å². The van der Waals surface area contributed by atoms with E-state index < -0.39 is 0 Å². The second kappa shape index (κ2) is 7.51. The molecular weight excluding hydrogens is 402 g/mol. The zero-order valence-corrected chi connectivity index (χ0v) is 17.8. The molecule has 1 atom stereocenters. The zero-order chi connectivity index (χ0) is 21.7. The molecule has 2 fully saturated rings. The Labute approximate surface area is 185 Å². The minimum absolute atomic E-state index is 0.232. The molecule has 4 aromatic rings. The number of carbonyl (C=O) groups is 1. The van der Waals surface area contributed by atoms with Gasteiger partial charge < -0.3 is 9.88 Å². The van der Waals surface area contributed by atoms with Gasteiger partial charge in [-0.15, -0.1) is 0 Å². The van der Waals surface area contributed by atoms with Gasteiger partial charge in [0.1, 0.15) is 5.82 Å². The highest BCUT2D eigenvalue weighted by atomic mass is 16.2. The normalized spacial score (nSPS) is 18.5. The van der Waals surface area contributed by atoms with Crippen LogP contribution in [0.5, 0.6) is 0 Å². The first-order valence-corrected chi connectivity index (χ1v) is 11.3. The average molecular weight is 428 g/mol. The third-order valence-electron chi connectivity index (χ3n) is 6.75. The van der Waals surface area contributed by atoms with Gasteiger partial charge in [-0.3, -0.25) is 4.79 Å². The van der Waals surface area contributed by atoms with Gasteiger partial charge >= 0.3 is 5.69 Å². The SMILES string of the molecule is O=C(C1CC1)N1CCC(Cc2n[nH]c(=O)n2-c2ccc(-c3ccc4cc[nH]c4c3)cc2)C1. The lowest BCUT2D eigenvalue weighted by atomic mass is 10.0. The number of hydrogen-bond donors (Lipinski definition) is 2. The number of fused-ring (bicyclic) bond motifs is 1. The topological polar surface area (TPSA) is 86.8 Å². The van der Waals surface area contributed by atoms with E-state index in [-0.39, 0.29) is 11.6 Å². The molecule has 7 heteroatoms. The molecule has 1 unspecified atom stereocenters. The van der Waals surface area contributed by atoms with Crippen molar-refractivity contribution in [1.82, 2.24) is 24.6 Å². The first-order chi connectivity index (χ1) is 15.7. The van der Waals surface area contributed by atoms with Crippen molar-refractivity contribution in [2.24, 2.45) is 11.8 Å². The monoisotopic (exact) mass is 427 g/mol. The summed E-state index contributed by atoms with van der Waals surface area (Å²) in [6.07, 6.45) is 5.65. The van der Waals surface area contributed by atoms with Crippen LogP contribution in [0.2, 0.25) is 0 Å². The molecular formula is C25H25N5O2. The van der Waals surface area contributed by atoms with E-state index in [1.165, 1.54) is 5.39 Å². The van der Waals surface area contributed by atoms with Crippen molar-refractivity contribution in [1.29, 1.82) is 0 Å². The van der Waals surface area contributed by atoms with Gasteiger partial charge in [0.25, 0.3) is 0 Å². The molecule has 0 radical (unpaired) electrons. The van der Waals surface area contributed by atoms with Gasteiger partial charge in [0.2, 0.25) is 5.91 Å². The third kappa shape index (κ3) is 3.43. The van der Waals surface area contributed by atoms with Gasteiger partial charge in [-0.2, -0.15) is 5.10 Å². The van der Waals surface area contributed by atoms with Crippen molar-refractivity contribution < 1.29 is 4.79 Å². The third-order valence-corrected chi connectivity index (χ3v) is 6.75. The van der Waals surface area contributed by atoms with E-state index in [0.29, 0.717) is 18.2 Å². The molecule has 1 aliphatic carbocycles. The molecule has 1 amide bonds. The van der Waals surface area contributed by atoms with Crippen molar-refractivity contribution >= 4 is 16.8 Å². The molecule has 7 nitrogen and oxygen atoms in total. The number of benzene rings is 2. The fourth-order valence-corrected chi connectivity index (χ4v) is 4.81. The zero-order valence-electron chi connectivity index (χ0n) is 17.8. The number of nitrogens with zero attached hydrogens (tertiary/aromatic N) is 3. The van der Waals surface area contributed by atoms with Crippen LogP contribution in [0.4, 0.5) is 0 Å². The Bertz CT molecular complexity index is 1340. The maximum Gasteiger partial charge on any atom is 0.347 e. The molecule has 0 spiro atoms. The predicted molar refractivity (Wildman–Crippen MR) is 123 cm³/mol. The van der Waals surface area contributed by atoms with E-state index in [1.54, 1.807) is 4.57 Å². The predicted octanol–water partition coefficient (Wildman–Crippen LogP) is 3.51. The van der Waals surface area contributed by atoms with Crippen LogP contribution in [0.3, 0.4) is 0 Å². The van der Waals surface area contributed by atoms with E-state index in [2.05, 4.69) is 39.4 Å². The average Bonchev–Trinajstić information content (AvgIpc) is 3.20. The molecule has 0 bridgehead atoms. The number of amides is 1. The largest absolute Gasteiger partial charge is 0.361 e. The highest BCUT2D eigenvalue weighted by molar-refractivity contribution is 5.85. The molecule has 1 aliphatic heterocycles. The van der Waals surface area contributed by atoms with Gasteiger partial charge in [-0.05, 0) is 66.0 Å². The second-order valence-corrected chi connectivity index (χ2v) is 9.02. The van der Waals surface area contributed by atoms with Crippen molar-refractivity contribution in [3.63, 3.8) is 0 Å². The smallest absolute Gasteiger partial charge is 0.347 e. The van der Waals surface area contributed by atoms with Gasteiger partial charge in [0.15, 0.2) is 0 Å². The van der Waals surface area contributed by atoms with Crippen molar-refractivity contribution in [2.45, 2.75) is 25.7 Å². The van der Waals surface area contributed by atoms with Crippen LogP contribution in [-0.4, -0.2) is 43.6 Å². The summed E-state index contributed by atoms with van der Waals surface area (Å²) in [5.74, 6) is 1.62. The Balaban J connectivity index is 1.22. The van der Waals surface area contributed by atoms with E-state index in [0.717, 1.165) is 60.5 Å². The number of aromatic nitrogens is 4. The Morgan fingerprint density at radius 1 is 1.03 bits per heavy atom. The van der Waals surface area contributed by atoms with E-state index in [9.17, 15) is 9.59 Å². The Kier molecular flexibility index (Phi) is 4.48. The Hall–Kier alpha value is -3.61. The van der Waals surface area contributed by atoms with Crippen molar-refractivity contribution in [3.8, 4) is 16.8 Å². The minimum Gasteiger partial charge on any atom is -0.361 e. The van der Waals surface area contributed by atoms with Crippen LogP contribution < -0.4 is 5.69 Å². The second-order valence-electron chi connectivity index (χ2n) is 9.02. The molecule has 1 saturated carbocycles. The highest BCUT2D eigenvalue weighted by Gasteiger charge is 2.36. The number of likely N-dealkylation sites (tertiary alicyclic amines) is 1. The molecule has 2 aromatic carbocycles. The van der Waals surface area contributed by atoms with Crippen LogP contribution in [0.1, 0.15) is 25.1 Å². The first kappa shape index (κ1) is 19.1. The lowest BCUT2D eigenvalue weighted by molar-refractivity contribution is -0.131. The molecule has 1 saturated heterocycles. The van der Waals surface area contributed by atoms with E-state index >= 15 is 0 Å². The molecule has 32 heavy (non-hydrogen) atoms. The first-order valence-electron chi connectivity index (χ1n) is 11.3. The molecule has 2 aromatic heterocycles. The number of carbonyl (C=O) groups excluding carboxylic acids is 1. The minimum atomic E-state index is -0.232. The van der Waals surface area contributed by atoms with Gasteiger partial charge in [-0.1, -0.05) is 24.3 Å². The highest BCUT2D eigenvalue weighted by Crippen LogP contribution is 2.33. The number of rotatable bonds is 5. The van der Waals surface area contributed by atoms with Crippen molar-refractivity contribution in [2.75, 3.05) is 13.1 Å². The molecule has 3 heterocycles. The lowest BCUT2D eigenvalue weighted by Crippen LogP contribution is -2.30. The summed E-state index contributed by atoms with van der Waals surface area (Å²) in [6, 6.07) is 16.4.